The molecule has 1 aromatic heterocycles. The summed E-state index contributed by atoms with van der Waals surface area (Å²) in [4.78, 5) is 25.9. The molecule has 6 heteroatoms. The van der Waals surface area contributed by atoms with Gasteiger partial charge in [-0.3, -0.25) is 4.79 Å². The second-order valence-electron chi connectivity index (χ2n) is 7.38. The summed E-state index contributed by atoms with van der Waals surface area (Å²) in [5.41, 5.74) is 2.94. The lowest BCUT2D eigenvalue weighted by atomic mass is 10.1. The van der Waals surface area contributed by atoms with Crippen molar-refractivity contribution in [2.24, 2.45) is 0 Å². The van der Waals surface area contributed by atoms with E-state index in [1.54, 1.807) is 11.0 Å². The van der Waals surface area contributed by atoms with Gasteiger partial charge in [0, 0.05) is 37.8 Å². The van der Waals surface area contributed by atoms with Gasteiger partial charge in [-0.25, -0.2) is 9.97 Å². The zero-order chi connectivity index (χ0) is 21.6. The Morgan fingerprint density at radius 3 is 2.26 bits per heavy atom. The van der Waals surface area contributed by atoms with Crippen LogP contribution >= 0.6 is 0 Å². The Bertz CT molecular complexity index is 1130. The van der Waals surface area contributed by atoms with Gasteiger partial charge in [0.15, 0.2) is 0 Å². The Balaban J connectivity index is 1.46. The highest BCUT2D eigenvalue weighted by molar-refractivity contribution is 6.01. The number of amides is 1. The number of piperazine rings is 1. The minimum Gasteiger partial charge on any atom is -0.353 e. The lowest BCUT2D eigenvalue weighted by Gasteiger charge is -2.35. The molecule has 3 aromatic rings. The number of nitrogens with zero attached hydrogens (tertiary/aromatic N) is 5. The van der Waals surface area contributed by atoms with Crippen LogP contribution in [-0.4, -0.2) is 47.0 Å². The van der Waals surface area contributed by atoms with Gasteiger partial charge in [-0.05, 0) is 18.6 Å². The molecule has 4 rings (SSSR count). The van der Waals surface area contributed by atoms with Crippen LogP contribution < -0.4 is 4.90 Å². The quantitative estimate of drug-likeness (QED) is 0.485. The summed E-state index contributed by atoms with van der Waals surface area (Å²) in [6.07, 6.45) is 1.65. The van der Waals surface area contributed by atoms with Crippen molar-refractivity contribution in [1.82, 2.24) is 14.9 Å². The number of hydrogen-bond acceptors (Lipinski definition) is 5. The fourth-order valence-corrected chi connectivity index (χ4v) is 3.64. The first-order valence-electron chi connectivity index (χ1n) is 10.3. The van der Waals surface area contributed by atoms with Crippen molar-refractivity contribution in [2.45, 2.75) is 6.92 Å². The van der Waals surface area contributed by atoms with E-state index in [1.165, 1.54) is 0 Å². The molecule has 1 amide bonds. The molecule has 2 aromatic carbocycles. The van der Waals surface area contributed by atoms with Crippen molar-refractivity contribution in [3.05, 3.63) is 83.7 Å². The predicted molar refractivity (Wildman–Crippen MR) is 121 cm³/mol. The monoisotopic (exact) mass is 409 g/mol. The van der Waals surface area contributed by atoms with Gasteiger partial charge in [0.1, 0.15) is 23.3 Å². The van der Waals surface area contributed by atoms with Gasteiger partial charge in [0.2, 0.25) is 0 Å². The number of rotatable bonds is 4. The van der Waals surface area contributed by atoms with Crippen LogP contribution in [0.3, 0.4) is 0 Å². The number of hydrogen-bond donors (Lipinski definition) is 0. The molecular weight excluding hydrogens is 386 g/mol. The highest BCUT2D eigenvalue weighted by Gasteiger charge is 2.24. The average Bonchev–Trinajstić information content (AvgIpc) is 2.83. The van der Waals surface area contributed by atoms with E-state index < -0.39 is 0 Å². The van der Waals surface area contributed by atoms with Crippen LogP contribution in [0.25, 0.3) is 17.3 Å². The molecule has 31 heavy (non-hydrogen) atoms. The summed E-state index contributed by atoms with van der Waals surface area (Å²) in [7, 11) is 0. The van der Waals surface area contributed by atoms with Gasteiger partial charge in [-0.2, -0.15) is 5.26 Å². The summed E-state index contributed by atoms with van der Waals surface area (Å²) in [6.45, 7) is 4.27. The Hall–Kier alpha value is -3.98. The van der Waals surface area contributed by atoms with Gasteiger partial charge in [-0.15, -0.1) is 0 Å². The van der Waals surface area contributed by atoms with Gasteiger partial charge in [-0.1, -0.05) is 60.7 Å². The van der Waals surface area contributed by atoms with E-state index in [0.717, 1.165) is 22.6 Å². The van der Waals surface area contributed by atoms with E-state index in [0.29, 0.717) is 32.0 Å². The molecule has 1 saturated heterocycles. The Kier molecular flexibility index (Phi) is 6.04. The van der Waals surface area contributed by atoms with Crippen molar-refractivity contribution < 1.29 is 4.79 Å². The molecule has 0 saturated carbocycles. The van der Waals surface area contributed by atoms with E-state index in [9.17, 15) is 10.1 Å². The maximum atomic E-state index is 12.9. The van der Waals surface area contributed by atoms with Crippen LogP contribution in [0, 0.1) is 18.3 Å². The fraction of sp³-hybridized carbons (Fsp3) is 0.200. The standard InChI is InChI=1S/C25H23N5O/c1-19-27-23(21-10-6-3-7-11-21)17-24(28-19)29-12-14-30(15-13-29)25(31)22(18-26)16-20-8-4-2-5-9-20/h2-11,16-17H,12-15H2,1H3/b22-16+. The normalized spacial score (nSPS) is 14.3. The number of carbonyl (C=O) groups excluding carboxylic acids is 1. The average molecular weight is 409 g/mol. The minimum absolute atomic E-state index is 0.156. The first kappa shape index (κ1) is 20.3. The lowest BCUT2D eigenvalue weighted by Crippen LogP contribution is -2.49. The number of benzene rings is 2. The van der Waals surface area contributed by atoms with Crippen LogP contribution in [0.15, 0.2) is 72.3 Å². The molecule has 1 aliphatic rings. The number of aromatic nitrogens is 2. The largest absolute Gasteiger partial charge is 0.353 e. The van der Waals surface area contributed by atoms with E-state index in [2.05, 4.69) is 20.9 Å². The third kappa shape index (κ3) is 4.78. The molecule has 154 valence electrons. The van der Waals surface area contributed by atoms with Crippen LogP contribution in [-0.2, 0) is 4.79 Å². The molecule has 0 N–H and O–H groups in total. The molecule has 0 bridgehead atoms. The second kappa shape index (κ2) is 9.23. The van der Waals surface area contributed by atoms with Gasteiger partial charge in [0.25, 0.3) is 5.91 Å². The topological polar surface area (TPSA) is 73.1 Å². The van der Waals surface area contributed by atoms with Crippen LogP contribution in [0.2, 0.25) is 0 Å². The molecule has 2 heterocycles. The molecule has 6 nitrogen and oxygen atoms in total. The number of nitriles is 1. The van der Waals surface area contributed by atoms with Gasteiger partial charge >= 0.3 is 0 Å². The maximum absolute atomic E-state index is 12.9. The van der Waals surface area contributed by atoms with E-state index in [-0.39, 0.29) is 11.5 Å². The molecule has 1 aliphatic heterocycles. The van der Waals surface area contributed by atoms with Crippen molar-refractivity contribution in [2.75, 3.05) is 31.1 Å². The second-order valence-corrected chi connectivity index (χ2v) is 7.38. The van der Waals surface area contributed by atoms with Crippen LogP contribution in [0.4, 0.5) is 5.82 Å². The Morgan fingerprint density at radius 1 is 0.968 bits per heavy atom. The van der Waals surface area contributed by atoms with Crippen molar-refractivity contribution in [3.63, 3.8) is 0 Å². The third-order valence-corrected chi connectivity index (χ3v) is 5.25. The third-order valence-electron chi connectivity index (χ3n) is 5.25. The zero-order valence-corrected chi connectivity index (χ0v) is 17.4. The molecule has 0 radical (unpaired) electrons. The summed E-state index contributed by atoms with van der Waals surface area (Å²) in [5, 5.41) is 9.49. The Morgan fingerprint density at radius 2 is 1.61 bits per heavy atom. The van der Waals surface area contributed by atoms with Gasteiger partial charge < -0.3 is 9.80 Å². The fourth-order valence-electron chi connectivity index (χ4n) is 3.64. The number of anilines is 1. The predicted octanol–water partition coefficient (Wildman–Crippen LogP) is 3.71. The SMILES string of the molecule is Cc1nc(-c2ccccc2)cc(N2CCN(C(=O)/C(C#N)=C/c3ccccc3)CC2)n1. The number of aryl methyl sites for hydroxylation is 1. The summed E-state index contributed by atoms with van der Waals surface area (Å²) in [5.74, 6) is 1.35. The van der Waals surface area contributed by atoms with E-state index in [4.69, 9.17) is 0 Å². The smallest absolute Gasteiger partial charge is 0.264 e. The van der Waals surface area contributed by atoms with E-state index in [1.807, 2.05) is 73.7 Å². The van der Waals surface area contributed by atoms with Crippen LogP contribution in [0.1, 0.15) is 11.4 Å². The lowest BCUT2D eigenvalue weighted by molar-refractivity contribution is -0.126. The van der Waals surface area contributed by atoms with Crippen LogP contribution in [0.5, 0.6) is 0 Å². The van der Waals surface area contributed by atoms with E-state index >= 15 is 0 Å². The van der Waals surface area contributed by atoms with Gasteiger partial charge in [0.05, 0.1) is 5.69 Å². The zero-order valence-electron chi connectivity index (χ0n) is 17.4. The molecule has 0 unspecified atom stereocenters. The molecule has 1 fully saturated rings. The molecule has 0 spiro atoms. The molecular formula is C25H23N5O. The highest BCUT2D eigenvalue weighted by Crippen LogP contribution is 2.23. The highest BCUT2D eigenvalue weighted by atomic mass is 16.2. The Labute approximate surface area is 182 Å². The van der Waals surface area contributed by atoms with Crippen molar-refractivity contribution in [3.8, 4) is 17.3 Å². The number of carbonyl (C=O) groups is 1. The van der Waals surface area contributed by atoms with Crippen molar-refractivity contribution >= 4 is 17.8 Å². The molecule has 0 aliphatic carbocycles. The summed E-state index contributed by atoms with van der Waals surface area (Å²) >= 11 is 0. The molecule has 0 atom stereocenters. The first-order valence-corrected chi connectivity index (χ1v) is 10.3. The van der Waals surface area contributed by atoms with Crippen molar-refractivity contribution in [1.29, 1.82) is 5.26 Å². The maximum Gasteiger partial charge on any atom is 0.264 e. The first-order chi connectivity index (χ1) is 15.1. The summed E-state index contributed by atoms with van der Waals surface area (Å²) in [6, 6.07) is 23.5. The minimum atomic E-state index is -0.227. The summed E-state index contributed by atoms with van der Waals surface area (Å²) < 4.78 is 0.